The summed E-state index contributed by atoms with van der Waals surface area (Å²) in [5.41, 5.74) is 2.15. The summed E-state index contributed by atoms with van der Waals surface area (Å²) in [4.78, 5) is 0.196. The van der Waals surface area contributed by atoms with Gasteiger partial charge >= 0.3 is 0 Å². The van der Waals surface area contributed by atoms with Crippen molar-refractivity contribution in [2.24, 2.45) is 0 Å². The molecular formula is C17H20BrNO3S. The van der Waals surface area contributed by atoms with Crippen molar-refractivity contribution in [2.75, 3.05) is 7.11 Å². The summed E-state index contributed by atoms with van der Waals surface area (Å²) in [5, 5.41) is 0. The van der Waals surface area contributed by atoms with E-state index in [-0.39, 0.29) is 10.9 Å². The Morgan fingerprint density at radius 2 is 1.83 bits per heavy atom. The molecule has 23 heavy (non-hydrogen) atoms. The van der Waals surface area contributed by atoms with Gasteiger partial charge in [0.2, 0.25) is 10.0 Å². The Morgan fingerprint density at radius 1 is 1.17 bits per heavy atom. The van der Waals surface area contributed by atoms with Crippen LogP contribution in [0.4, 0.5) is 0 Å². The molecule has 0 aliphatic rings. The van der Waals surface area contributed by atoms with E-state index < -0.39 is 10.0 Å². The highest BCUT2D eigenvalue weighted by atomic mass is 79.9. The number of halogens is 1. The number of methoxy groups -OCH3 is 1. The molecule has 0 aliphatic carbocycles. The van der Waals surface area contributed by atoms with Crippen LogP contribution in [0.25, 0.3) is 0 Å². The maximum absolute atomic E-state index is 12.5. The molecule has 0 radical (unpaired) electrons. The van der Waals surface area contributed by atoms with Crippen LogP contribution in [0.3, 0.4) is 0 Å². The summed E-state index contributed by atoms with van der Waals surface area (Å²) in [7, 11) is -2.07. The van der Waals surface area contributed by atoms with E-state index in [4.69, 9.17) is 4.74 Å². The molecular weight excluding hydrogens is 378 g/mol. The smallest absolute Gasteiger partial charge is 0.241 e. The van der Waals surface area contributed by atoms with E-state index in [1.165, 1.54) is 24.8 Å². The van der Waals surface area contributed by atoms with Crippen molar-refractivity contribution in [3.63, 3.8) is 0 Å². The lowest BCUT2D eigenvalue weighted by Gasteiger charge is -2.15. The quantitative estimate of drug-likeness (QED) is 0.799. The second-order valence-electron chi connectivity index (χ2n) is 5.23. The molecule has 0 amide bonds. The first kappa shape index (κ1) is 18.0. The molecule has 0 spiro atoms. The summed E-state index contributed by atoms with van der Waals surface area (Å²) >= 11 is 3.31. The molecule has 2 aromatic rings. The molecule has 6 heteroatoms. The van der Waals surface area contributed by atoms with E-state index in [1.54, 1.807) is 6.07 Å². The predicted octanol–water partition coefficient (Wildman–Crippen LogP) is 4.06. The van der Waals surface area contributed by atoms with Crippen molar-refractivity contribution in [3.05, 3.63) is 58.1 Å². The highest BCUT2D eigenvalue weighted by molar-refractivity contribution is 9.10. The zero-order valence-corrected chi connectivity index (χ0v) is 15.7. The summed E-state index contributed by atoms with van der Waals surface area (Å²) < 4.78 is 33.5. The molecule has 1 atom stereocenters. The van der Waals surface area contributed by atoms with Crippen LogP contribution in [0.2, 0.25) is 0 Å². The number of sulfonamides is 1. The highest BCUT2D eigenvalue weighted by Gasteiger charge is 2.19. The first-order chi connectivity index (χ1) is 10.9. The first-order valence-electron chi connectivity index (χ1n) is 7.32. The van der Waals surface area contributed by atoms with Crippen molar-refractivity contribution in [1.82, 2.24) is 4.72 Å². The number of hydrogen-bond acceptors (Lipinski definition) is 3. The Bertz CT molecular complexity index is 773. The van der Waals surface area contributed by atoms with Gasteiger partial charge in [-0.15, -0.1) is 0 Å². The zero-order valence-electron chi connectivity index (χ0n) is 13.3. The number of hydrogen-bond donors (Lipinski definition) is 1. The standard InChI is InChI=1S/C17H20BrNO3S/c1-4-13-5-7-14(8-6-13)12(2)19-23(20,21)15-9-10-17(22-3)16(18)11-15/h5-12,19H,4H2,1-3H3. The van der Waals surface area contributed by atoms with Gasteiger partial charge in [0.1, 0.15) is 5.75 Å². The minimum Gasteiger partial charge on any atom is -0.496 e. The summed E-state index contributed by atoms with van der Waals surface area (Å²) in [6.07, 6.45) is 0.959. The molecule has 4 nitrogen and oxygen atoms in total. The Balaban J connectivity index is 2.21. The average molecular weight is 398 g/mol. The van der Waals surface area contributed by atoms with Crippen molar-refractivity contribution >= 4 is 26.0 Å². The van der Waals surface area contributed by atoms with Crippen molar-refractivity contribution < 1.29 is 13.2 Å². The van der Waals surface area contributed by atoms with Crippen LogP contribution in [0, 0.1) is 0 Å². The van der Waals surface area contributed by atoms with Crippen LogP contribution in [-0.4, -0.2) is 15.5 Å². The van der Waals surface area contributed by atoms with Gasteiger partial charge in [0.05, 0.1) is 16.5 Å². The molecule has 0 saturated heterocycles. The fourth-order valence-electron chi connectivity index (χ4n) is 2.23. The maximum atomic E-state index is 12.5. The topological polar surface area (TPSA) is 55.4 Å². The van der Waals surface area contributed by atoms with E-state index >= 15 is 0 Å². The van der Waals surface area contributed by atoms with E-state index in [2.05, 4.69) is 27.6 Å². The third-order valence-electron chi connectivity index (χ3n) is 3.65. The van der Waals surface area contributed by atoms with Crippen molar-refractivity contribution in [2.45, 2.75) is 31.2 Å². The van der Waals surface area contributed by atoms with Gasteiger partial charge in [-0.2, -0.15) is 0 Å². The highest BCUT2D eigenvalue weighted by Crippen LogP contribution is 2.28. The molecule has 0 heterocycles. The Labute approximate surface area is 146 Å². The molecule has 0 saturated carbocycles. The Morgan fingerprint density at radius 3 is 2.35 bits per heavy atom. The number of rotatable bonds is 6. The third-order valence-corrected chi connectivity index (χ3v) is 5.81. The van der Waals surface area contributed by atoms with E-state index in [0.29, 0.717) is 10.2 Å². The lowest BCUT2D eigenvalue weighted by Crippen LogP contribution is -2.26. The van der Waals surface area contributed by atoms with Gasteiger partial charge in [-0.1, -0.05) is 31.2 Å². The zero-order chi connectivity index (χ0) is 17.0. The number of benzene rings is 2. The fourth-order valence-corrected chi connectivity index (χ4v) is 4.18. The summed E-state index contributed by atoms with van der Waals surface area (Å²) in [6, 6.07) is 12.3. The van der Waals surface area contributed by atoms with E-state index in [1.807, 2.05) is 31.2 Å². The van der Waals surface area contributed by atoms with Crippen LogP contribution in [0.5, 0.6) is 5.75 Å². The van der Waals surface area contributed by atoms with Gasteiger partial charge in [-0.05, 0) is 58.6 Å². The fraction of sp³-hybridized carbons (Fsp3) is 0.294. The number of ether oxygens (including phenoxy) is 1. The van der Waals surface area contributed by atoms with Crippen LogP contribution < -0.4 is 9.46 Å². The van der Waals surface area contributed by atoms with Crippen molar-refractivity contribution in [1.29, 1.82) is 0 Å². The SMILES string of the molecule is CCc1ccc(C(C)NS(=O)(=O)c2ccc(OC)c(Br)c2)cc1. The molecule has 2 aromatic carbocycles. The van der Waals surface area contributed by atoms with Crippen molar-refractivity contribution in [3.8, 4) is 5.75 Å². The lowest BCUT2D eigenvalue weighted by atomic mass is 10.1. The minimum atomic E-state index is -3.61. The van der Waals surface area contributed by atoms with Crippen LogP contribution >= 0.6 is 15.9 Å². The molecule has 0 bridgehead atoms. The molecule has 1 N–H and O–H groups in total. The van der Waals surface area contributed by atoms with E-state index in [0.717, 1.165) is 12.0 Å². The van der Waals surface area contributed by atoms with Gasteiger partial charge in [0.15, 0.2) is 0 Å². The molecule has 2 rings (SSSR count). The Kier molecular flexibility index (Phi) is 5.84. The third kappa shape index (κ3) is 4.34. The second-order valence-corrected chi connectivity index (χ2v) is 7.80. The molecule has 0 fully saturated rings. The normalized spacial score (nSPS) is 12.9. The molecule has 1 unspecified atom stereocenters. The average Bonchev–Trinajstić information content (AvgIpc) is 2.54. The minimum absolute atomic E-state index is 0.196. The van der Waals surface area contributed by atoms with E-state index in [9.17, 15) is 8.42 Å². The van der Waals surface area contributed by atoms with Crippen LogP contribution in [0.15, 0.2) is 51.8 Å². The summed E-state index contributed by atoms with van der Waals surface area (Å²) in [6.45, 7) is 3.92. The van der Waals surface area contributed by atoms with Gasteiger partial charge < -0.3 is 4.74 Å². The van der Waals surface area contributed by atoms with Gasteiger partial charge in [0, 0.05) is 6.04 Å². The predicted molar refractivity (Wildman–Crippen MR) is 95.3 cm³/mol. The molecule has 0 aromatic heterocycles. The largest absolute Gasteiger partial charge is 0.496 e. The summed E-state index contributed by atoms with van der Waals surface area (Å²) in [5.74, 6) is 0.590. The number of aryl methyl sites for hydroxylation is 1. The first-order valence-corrected chi connectivity index (χ1v) is 9.59. The van der Waals surface area contributed by atoms with Gasteiger partial charge in [0.25, 0.3) is 0 Å². The monoisotopic (exact) mass is 397 g/mol. The number of nitrogens with one attached hydrogen (secondary N) is 1. The second kappa shape index (κ2) is 7.47. The van der Waals surface area contributed by atoms with Crippen LogP contribution in [0.1, 0.15) is 31.0 Å². The van der Waals surface area contributed by atoms with Crippen LogP contribution in [-0.2, 0) is 16.4 Å². The lowest BCUT2D eigenvalue weighted by molar-refractivity contribution is 0.411. The van der Waals surface area contributed by atoms with Gasteiger partial charge in [-0.25, -0.2) is 13.1 Å². The van der Waals surface area contributed by atoms with Gasteiger partial charge in [-0.3, -0.25) is 0 Å². The molecule has 124 valence electrons. The maximum Gasteiger partial charge on any atom is 0.241 e. The molecule has 0 aliphatic heterocycles. The Hall–Kier alpha value is -1.37.